The summed E-state index contributed by atoms with van der Waals surface area (Å²) in [5.74, 6) is 0.731. The van der Waals surface area contributed by atoms with Crippen molar-refractivity contribution in [2.75, 3.05) is 6.54 Å². The molecule has 3 N–H and O–H groups in total. The first kappa shape index (κ1) is 11.9. The van der Waals surface area contributed by atoms with E-state index in [1.54, 1.807) is 12.4 Å². The molecule has 0 unspecified atom stereocenters. The number of nitrogens with one attached hydrogen (secondary N) is 3. The monoisotopic (exact) mass is 256 g/mol. The van der Waals surface area contributed by atoms with Crippen LogP contribution in [-0.4, -0.2) is 22.4 Å². The SMILES string of the molecule is O=C(NCc1ncc[nH]1)c1cccc2c1CCNC2. The number of rotatable bonds is 3. The van der Waals surface area contributed by atoms with Crippen LogP contribution in [0.15, 0.2) is 30.6 Å². The van der Waals surface area contributed by atoms with Gasteiger partial charge in [0.05, 0.1) is 6.54 Å². The number of benzene rings is 1. The average Bonchev–Trinajstić information content (AvgIpc) is 2.97. The Bertz CT molecular complexity index is 577. The van der Waals surface area contributed by atoms with E-state index >= 15 is 0 Å². The Kier molecular flexibility index (Phi) is 3.29. The zero-order valence-corrected chi connectivity index (χ0v) is 10.6. The highest BCUT2D eigenvalue weighted by atomic mass is 16.1. The number of aromatic amines is 1. The van der Waals surface area contributed by atoms with E-state index in [0.29, 0.717) is 6.54 Å². The van der Waals surface area contributed by atoms with Crippen LogP contribution in [0.2, 0.25) is 0 Å². The summed E-state index contributed by atoms with van der Waals surface area (Å²) in [5, 5.41) is 6.21. The number of nitrogens with zero attached hydrogens (tertiary/aromatic N) is 1. The average molecular weight is 256 g/mol. The van der Waals surface area contributed by atoms with E-state index in [-0.39, 0.29) is 5.91 Å². The molecule has 0 spiro atoms. The summed E-state index contributed by atoms with van der Waals surface area (Å²) in [6, 6.07) is 5.90. The van der Waals surface area contributed by atoms with Crippen LogP contribution in [-0.2, 0) is 19.5 Å². The molecule has 0 fully saturated rings. The molecule has 2 aromatic rings. The molecule has 5 nitrogen and oxygen atoms in total. The second kappa shape index (κ2) is 5.24. The Labute approximate surface area is 111 Å². The third kappa shape index (κ3) is 2.51. The van der Waals surface area contributed by atoms with Gasteiger partial charge in [-0.1, -0.05) is 12.1 Å². The van der Waals surface area contributed by atoms with Crippen molar-refractivity contribution < 1.29 is 4.79 Å². The van der Waals surface area contributed by atoms with Crippen LogP contribution in [0.3, 0.4) is 0 Å². The normalized spacial score (nSPS) is 13.9. The van der Waals surface area contributed by atoms with Crippen molar-refractivity contribution in [2.45, 2.75) is 19.5 Å². The first-order valence-corrected chi connectivity index (χ1v) is 6.42. The van der Waals surface area contributed by atoms with Gasteiger partial charge in [0.25, 0.3) is 5.91 Å². The van der Waals surface area contributed by atoms with Crippen molar-refractivity contribution in [2.24, 2.45) is 0 Å². The fourth-order valence-electron chi connectivity index (χ4n) is 2.40. The third-order valence-electron chi connectivity index (χ3n) is 3.36. The summed E-state index contributed by atoms with van der Waals surface area (Å²) in [4.78, 5) is 19.3. The minimum absolute atomic E-state index is 0.0323. The van der Waals surface area contributed by atoms with Gasteiger partial charge in [-0.3, -0.25) is 4.79 Å². The molecular weight excluding hydrogens is 240 g/mol. The molecule has 0 saturated heterocycles. The molecule has 2 heterocycles. The zero-order valence-electron chi connectivity index (χ0n) is 10.6. The molecule has 0 atom stereocenters. The predicted molar refractivity (Wildman–Crippen MR) is 71.6 cm³/mol. The number of carbonyl (C=O) groups is 1. The van der Waals surface area contributed by atoms with Crippen molar-refractivity contribution in [1.82, 2.24) is 20.6 Å². The van der Waals surface area contributed by atoms with Crippen LogP contribution in [0.4, 0.5) is 0 Å². The smallest absolute Gasteiger partial charge is 0.251 e. The van der Waals surface area contributed by atoms with Crippen LogP contribution in [0.5, 0.6) is 0 Å². The number of hydrogen-bond donors (Lipinski definition) is 3. The van der Waals surface area contributed by atoms with E-state index in [1.807, 2.05) is 12.1 Å². The van der Waals surface area contributed by atoms with Crippen LogP contribution in [0.1, 0.15) is 27.3 Å². The number of carbonyl (C=O) groups excluding carboxylic acids is 1. The van der Waals surface area contributed by atoms with Gasteiger partial charge in [-0.2, -0.15) is 0 Å². The highest BCUT2D eigenvalue weighted by Crippen LogP contribution is 2.18. The van der Waals surface area contributed by atoms with Crippen LogP contribution < -0.4 is 10.6 Å². The third-order valence-corrected chi connectivity index (χ3v) is 3.36. The lowest BCUT2D eigenvalue weighted by molar-refractivity contribution is 0.0948. The van der Waals surface area contributed by atoms with E-state index in [2.05, 4.69) is 26.7 Å². The number of fused-ring (bicyclic) bond motifs is 1. The summed E-state index contributed by atoms with van der Waals surface area (Å²) < 4.78 is 0. The van der Waals surface area contributed by atoms with Crippen molar-refractivity contribution >= 4 is 5.91 Å². The summed E-state index contributed by atoms with van der Waals surface area (Å²) in [6.07, 6.45) is 4.33. The summed E-state index contributed by atoms with van der Waals surface area (Å²) >= 11 is 0. The van der Waals surface area contributed by atoms with E-state index in [1.165, 1.54) is 5.56 Å². The van der Waals surface area contributed by atoms with E-state index in [0.717, 1.165) is 36.5 Å². The predicted octanol–water partition coefficient (Wildman–Crippen LogP) is 0.985. The molecule has 1 amide bonds. The number of imidazole rings is 1. The summed E-state index contributed by atoms with van der Waals surface area (Å²) in [6.45, 7) is 2.19. The van der Waals surface area contributed by atoms with Gasteiger partial charge in [0.15, 0.2) is 0 Å². The van der Waals surface area contributed by atoms with Gasteiger partial charge in [0, 0.05) is 24.5 Å². The highest BCUT2D eigenvalue weighted by molar-refractivity contribution is 5.96. The van der Waals surface area contributed by atoms with E-state index in [9.17, 15) is 4.79 Å². The lowest BCUT2D eigenvalue weighted by Gasteiger charge is -2.19. The lowest BCUT2D eigenvalue weighted by atomic mass is 9.95. The Morgan fingerprint density at radius 1 is 1.42 bits per heavy atom. The standard InChI is InChI=1S/C14H16N4O/c19-14(18-9-13-16-6-7-17-13)12-3-1-2-10-8-15-5-4-11(10)12/h1-3,6-7,15H,4-5,8-9H2,(H,16,17)(H,18,19). The van der Waals surface area contributed by atoms with E-state index in [4.69, 9.17) is 0 Å². The molecule has 1 aromatic carbocycles. The van der Waals surface area contributed by atoms with Gasteiger partial charge in [-0.05, 0) is 30.2 Å². The van der Waals surface area contributed by atoms with Crippen molar-refractivity contribution in [1.29, 1.82) is 0 Å². The number of amides is 1. The molecular formula is C14H16N4O. The van der Waals surface area contributed by atoms with Crippen molar-refractivity contribution in [3.63, 3.8) is 0 Å². The molecule has 1 aromatic heterocycles. The van der Waals surface area contributed by atoms with Crippen molar-refractivity contribution in [3.05, 3.63) is 53.1 Å². The van der Waals surface area contributed by atoms with Gasteiger partial charge in [0.1, 0.15) is 5.82 Å². The topological polar surface area (TPSA) is 69.8 Å². The van der Waals surface area contributed by atoms with Crippen molar-refractivity contribution in [3.8, 4) is 0 Å². The lowest BCUT2D eigenvalue weighted by Crippen LogP contribution is -2.29. The Balaban J connectivity index is 1.76. The quantitative estimate of drug-likeness (QED) is 0.767. The second-order valence-corrected chi connectivity index (χ2v) is 4.59. The zero-order chi connectivity index (χ0) is 13.1. The molecule has 0 saturated carbocycles. The van der Waals surface area contributed by atoms with Crippen LogP contribution in [0, 0.1) is 0 Å². The van der Waals surface area contributed by atoms with Crippen LogP contribution in [0.25, 0.3) is 0 Å². The van der Waals surface area contributed by atoms with Gasteiger partial charge < -0.3 is 15.6 Å². The summed E-state index contributed by atoms with van der Waals surface area (Å²) in [7, 11) is 0. The molecule has 3 rings (SSSR count). The molecule has 5 heteroatoms. The number of H-pyrrole nitrogens is 1. The first-order valence-electron chi connectivity index (χ1n) is 6.42. The minimum Gasteiger partial charge on any atom is -0.347 e. The summed E-state index contributed by atoms with van der Waals surface area (Å²) in [5.41, 5.74) is 3.17. The first-order chi connectivity index (χ1) is 9.34. The Morgan fingerprint density at radius 2 is 2.37 bits per heavy atom. The molecule has 0 bridgehead atoms. The van der Waals surface area contributed by atoms with Gasteiger partial charge in [-0.25, -0.2) is 4.98 Å². The fraction of sp³-hybridized carbons (Fsp3) is 0.286. The van der Waals surface area contributed by atoms with Crippen LogP contribution >= 0.6 is 0 Å². The number of aromatic nitrogens is 2. The highest BCUT2D eigenvalue weighted by Gasteiger charge is 2.16. The van der Waals surface area contributed by atoms with E-state index < -0.39 is 0 Å². The maximum absolute atomic E-state index is 12.2. The molecule has 0 radical (unpaired) electrons. The minimum atomic E-state index is -0.0323. The van der Waals surface area contributed by atoms with Gasteiger partial charge in [0.2, 0.25) is 0 Å². The molecule has 0 aliphatic carbocycles. The maximum atomic E-state index is 12.2. The largest absolute Gasteiger partial charge is 0.347 e. The second-order valence-electron chi connectivity index (χ2n) is 4.59. The molecule has 1 aliphatic heterocycles. The Hall–Kier alpha value is -2.14. The Morgan fingerprint density at radius 3 is 3.21 bits per heavy atom. The number of hydrogen-bond acceptors (Lipinski definition) is 3. The van der Waals surface area contributed by atoms with Gasteiger partial charge >= 0.3 is 0 Å². The molecule has 1 aliphatic rings. The maximum Gasteiger partial charge on any atom is 0.251 e. The molecule has 98 valence electrons. The fourth-order valence-corrected chi connectivity index (χ4v) is 2.40. The molecule has 19 heavy (non-hydrogen) atoms. The van der Waals surface area contributed by atoms with Gasteiger partial charge in [-0.15, -0.1) is 0 Å².